The van der Waals surface area contributed by atoms with Crippen molar-refractivity contribution in [3.63, 3.8) is 0 Å². The first-order chi connectivity index (χ1) is 16.2. The summed E-state index contributed by atoms with van der Waals surface area (Å²) >= 11 is 0. The average molecular weight is 479 g/mol. The van der Waals surface area contributed by atoms with E-state index >= 15 is 0 Å². The standard InChI is InChI=1S/C23H34N4O7/c1-14(2)11-18-22(32)24-9-10-34-19-6-4-3-5-16(19)21(31)27-17(7-8-20(30)26-18)23(33)25-15(12-28)13-29/h3-6,14-15,17-18,28-29H,7-13H2,1-2H3,(H,24,32)(H,25,33)(H,26,30)(H,27,31)/t17-,18+/m0/s1. The number of carbonyl (C=O) groups excluding carboxylic acids is 4. The van der Waals surface area contributed by atoms with Gasteiger partial charge in [-0.1, -0.05) is 26.0 Å². The lowest BCUT2D eigenvalue weighted by Crippen LogP contribution is -2.52. The molecule has 0 spiro atoms. The molecular weight excluding hydrogens is 444 g/mol. The third-order valence-electron chi connectivity index (χ3n) is 5.22. The Balaban J connectivity index is 2.30. The summed E-state index contributed by atoms with van der Waals surface area (Å²) in [5.41, 5.74) is 0.185. The molecule has 2 atom stereocenters. The maximum Gasteiger partial charge on any atom is 0.255 e. The Kier molecular flexibility index (Phi) is 10.8. The van der Waals surface area contributed by atoms with Gasteiger partial charge in [-0.3, -0.25) is 19.2 Å². The molecule has 0 aliphatic carbocycles. The van der Waals surface area contributed by atoms with Crippen molar-refractivity contribution in [2.75, 3.05) is 26.4 Å². The van der Waals surface area contributed by atoms with E-state index in [9.17, 15) is 29.4 Å². The molecule has 0 saturated heterocycles. The van der Waals surface area contributed by atoms with Crippen LogP contribution in [-0.2, 0) is 14.4 Å². The SMILES string of the molecule is CC(C)C[C@H]1NC(=O)CC[C@@H](C(=O)NC(CO)CO)NC(=O)c2ccccc2OCCNC1=O. The number of aliphatic hydroxyl groups is 2. The summed E-state index contributed by atoms with van der Waals surface area (Å²) in [6.45, 7) is 3.15. The zero-order valence-electron chi connectivity index (χ0n) is 19.5. The van der Waals surface area contributed by atoms with Gasteiger partial charge in [0.2, 0.25) is 17.7 Å². The minimum atomic E-state index is -1.13. The van der Waals surface area contributed by atoms with Crippen LogP contribution in [0.5, 0.6) is 5.75 Å². The first-order valence-electron chi connectivity index (χ1n) is 11.4. The number of rotatable bonds is 6. The van der Waals surface area contributed by atoms with Crippen molar-refractivity contribution in [2.45, 2.75) is 51.2 Å². The van der Waals surface area contributed by atoms with Gasteiger partial charge in [-0.2, -0.15) is 0 Å². The second-order valence-electron chi connectivity index (χ2n) is 8.52. The summed E-state index contributed by atoms with van der Waals surface area (Å²) in [6, 6.07) is 3.68. The van der Waals surface area contributed by atoms with Gasteiger partial charge in [0.1, 0.15) is 24.4 Å². The molecule has 11 heteroatoms. The summed E-state index contributed by atoms with van der Waals surface area (Å²) in [6.07, 6.45) is 0.226. The Morgan fingerprint density at radius 3 is 2.53 bits per heavy atom. The number of nitrogens with one attached hydrogen (secondary N) is 4. The Morgan fingerprint density at radius 2 is 1.85 bits per heavy atom. The smallest absolute Gasteiger partial charge is 0.255 e. The van der Waals surface area contributed by atoms with Crippen LogP contribution in [0.25, 0.3) is 0 Å². The van der Waals surface area contributed by atoms with Gasteiger partial charge in [-0.15, -0.1) is 0 Å². The molecule has 34 heavy (non-hydrogen) atoms. The lowest BCUT2D eigenvalue weighted by atomic mass is 10.0. The molecule has 2 rings (SSSR count). The molecule has 0 radical (unpaired) electrons. The van der Waals surface area contributed by atoms with Gasteiger partial charge in [0.05, 0.1) is 31.4 Å². The minimum absolute atomic E-state index is 0.0635. The summed E-state index contributed by atoms with van der Waals surface area (Å²) in [7, 11) is 0. The van der Waals surface area contributed by atoms with E-state index in [1.807, 2.05) is 13.8 Å². The van der Waals surface area contributed by atoms with E-state index in [1.54, 1.807) is 18.2 Å². The molecule has 1 heterocycles. The van der Waals surface area contributed by atoms with E-state index in [1.165, 1.54) is 6.07 Å². The zero-order chi connectivity index (χ0) is 25.1. The highest BCUT2D eigenvalue weighted by Crippen LogP contribution is 2.18. The van der Waals surface area contributed by atoms with Crippen LogP contribution in [0.2, 0.25) is 0 Å². The molecule has 11 nitrogen and oxygen atoms in total. The van der Waals surface area contributed by atoms with Crippen LogP contribution in [0, 0.1) is 5.92 Å². The van der Waals surface area contributed by atoms with Gasteiger partial charge < -0.3 is 36.2 Å². The maximum absolute atomic E-state index is 12.9. The Bertz CT molecular complexity index is 857. The molecule has 1 aliphatic heterocycles. The lowest BCUT2D eigenvalue weighted by molar-refractivity contribution is -0.130. The zero-order valence-corrected chi connectivity index (χ0v) is 19.5. The van der Waals surface area contributed by atoms with Crippen molar-refractivity contribution in [1.82, 2.24) is 21.3 Å². The molecule has 1 aliphatic rings. The Morgan fingerprint density at radius 1 is 1.15 bits per heavy atom. The first-order valence-corrected chi connectivity index (χ1v) is 11.4. The van der Waals surface area contributed by atoms with Crippen LogP contribution in [0.3, 0.4) is 0 Å². The number of aliphatic hydroxyl groups excluding tert-OH is 2. The van der Waals surface area contributed by atoms with Crippen LogP contribution < -0.4 is 26.0 Å². The summed E-state index contributed by atoms with van der Waals surface area (Å²) in [5, 5.41) is 29.1. The van der Waals surface area contributed by atoms with Gasteiger partial charge in [0.25, 0.3) is 5.91 Å². The van der Waals surface area contributed by atoms with E-state index in [-0.39, 0.29) is 49.1 Å². The fourth-order valence-electron chi connectivity index (χ4n) is 3.44. The van der Waals surface area contributed by atoms with Gasteiger partial charge in [-0.25, -0.2) is 0 Å². The predicted molar refractivity (Wildman–Crippen MR) is 123 cm³/mol. The van der Waals surface area contributed by atoms with Crippen molar-refractivity contribution in [3.8, 4) is 5.75 Å². The van der Waals surface area contributed by atoms with E-state index < -0.39 is 49.1 Å². The molecule has 6 N–H and O–H groups in total. The van der Waals surface area contributed by atoms with Crippen molar-refractivity contribution in [3.05, 3.63) is 29.8 Å². The van der Waals surface area contributed by atoms with E-state index in [4.69, 9.17) is 4.74 Å². The van der Waals surface area contributed by atoms with Crippen molar-refractivity contribution in [2.24, 2.45) is 5.92 Å². The lowest BCUT2D eigenvalue weighted by Gasteiger charge is -2.22. The fraction of sp³-hybridized carbons (Fsp3) is 0.565. The third kappa shape index (κ3) is 8.31. The highest BCUT2D eigenvalue weighted by Gasteiger charge is 2.27. The molecular formula is C23H34N4O7. The Labute approximate surface area is 198 Å². The van der Waals surface area contributed by atoms with Crippen LogP contribution in [0.4, 0.5) is 0 Å². The van der Waals surface area contributed by atoms with E-state index in [0.29, 0.717) is 6.42 Å². The average Bonchev–Trinajstić information content (AvgIpc) is 2.81. The highest BCUT2D eigenvalue weighted by molar-refractivity contribution is 5.99. The van der Waals surface area contributed by atoms with Crippen LogP contribution in [-0.4, -0.2) is 78.3 Å². The number of carbonyl (C=O) groups is 4. The fourth-order valence-corrected chi connectivity index (χ4v) is 3.44. The highest BCUT2D eigenvalue weighted by atomic mass is 16.5. The number of hydrogen-bond donors (Lipinski definition) is 6. The number of ether oxygens (including phenoxy) is 1. The van der Waals surface area contributed by atoms with Crippen LogP contribution in [0.15, 0.2) is 24.3 Å². The van der Waals surface area contributed by atoms with Crippen LogP contribution >= 0.6 is 0 Å². The second kappa shape index (κ2) is 13.5. The molecule has 0 bridgehead atoms. The monoisotopic (exact) mass is 478 g/mol. The topological polar surface area (TPSA) is 166 Å². The number of fused-ring (bicyclic) bond motifs is 1. The maximum atomic E-state index is 12.9. The third-order valence-corrected chi connectivity index (χ3v) is 5.22. The normalized spacial score (nSPS) is 20.2. The molecule has 1 aromatic rings. The Hall–Kier alpha value is -3.18. The molecule has 0 fully saturated rings. The summed E-state index contributed by atoms with van der Waals surface area (Å²) in [4.78, 5) is 51.0. The number of para-hydroxylation sites is 1. The molecule has 0 unspecified atom stereocenters. The van der Waals surface area contributed by atoms with Gasteiger partial charge >= 0.3 is 0 Å². The second-order valence-corrected chi connectivity index (χ2v) is 8.52. The largest absolute Gasteiger partial charge is 0.491 e. The summed E-state index contributed by atoms with van der Waals surface area (Å²) in [5.74, 6) is -1.61. The molecule has 188 valence electrons. The predicted octanol–water partition coefficient (Wildman–Crippen LogP) is -0.926. The van der Waals surface area contributed by atoms with Gasteiger partial charge in [0.15, 0.2) is 0 Å². The van der Waals surface area contributed by atoms with Gasteiger partial charge in [0, 0.05) is 6.42 Å². The number of benzene rings is 1. The minimum Gasteiger partial charge on any atom is -0.491 e. The number of hydrogen-bond acceptors (Lipinski definition) is 7. The van der Waals surface area contributed by atoms with Crippen molar-refractivity contribution >= 4 is 23.6 Å². The molecule has 0 saturated carbocycles. The molecule has 4 amide bonds. The van der Waals surface area contributed by atoms with Crippen molar-refractivity contribution in [1.29, 1.82) is 0 Å². The number of amides is 4. The van der Waals surface area contributed by atoms with E-state index in [0.717, 1.165) is 0 Å². The molecule has 0 aromatic heterocycles. The van der Waals surface area contributed by atoms with Crippen LogP contribution in [0.1, 0.15) is 43.5 Å². The van der Waals surface area contributed by atoms with Gasteiger partial charge in [-0.05, 0) is 30.9 Å². The molecule has 1 aromatic carbocycles. The van der Waals surface area contributed by atoms with E-state index in [2.05, 4.69) is 21.3 Å². The quantitative estimate of drug-likeness (QED) is 0.307. The first kappa shape index (κ1) is 27.1. The van der Waals surface area contributed by atoms with Crippen molar-refractivity contribution < 1.29 is 34.1 Å². The summed E-state index contributed by atoms with van der Waals surface area (Å²) < 4.78 is 5.69.